The quantitative estimate of drug-likeness (QED) is 0.502. The van der Waals surface area contributed by atoms with Gasteiger partial charge >= 0.3 is 5.97 Å². The van der Waals surface area contributed by atoms with Crippen LogP contribution in [0.25, 0.3) is 0 Å². The Hall–Kier alpha value is -1.19. The molecule has 0 spiro atoms. The third-order valence-electron chi connectivity index (χ3n) is 3.51. The molecule has 1 unspecified atom stereocenters. The van der Waals surface area contributed by atoms with Crippen molar-refractivity contribution in [3.63, 3.8) is 0 Å². The van der Waals surface area contributed by atoms with Crippen molar-refractivity contribution in [2.45, 2.75) is 54.4 Å². The smallest absolute Gasteiger partial charge is 0.316 e. The lowest BCUT2D eigenvalue weighted by Crippen LogP contribution is -2.35. The van der Waals surface area contributed by atoms with Crippen LogP contribution in [0.2, 0.25) is 0 Å². The third kappa shape index (κ3) is 5.13. The van der Waals surface area contributed by atoms with Crippen LogP contribution < -0.4 is 0 Å². The predicted molar refractivity (Wildman–Crippen MR) is 73.7 cm³/mol. The van der Waals surface area contributed by atoms with Gasteiger partial charge in [0.15, 0.2) is 0 Å². The van der Waals surface area contributed by atoms with Crippen LogP contribution in [0.15, 0.2) is 0 Å². The van der Waals surface area contributed by atoms with Crippen molar-refractivity contribution in [3.05, 3.63) is 0 Å². The Bertz CT molecular complexity index is 342. The zero-order valence-electron chi connectivity index (χ0n) is 12.9. The zero-order chi connectivity index (χ0) is 15.2. The fourth-order valence-corrected chi connectivity index (χ4v) is 1.60. The predicted octanol–water partition coefficient (Wildman–Crippen LogP) is 2.79. The maximum atomic E-state index is 12.2. The van der Waals surface area contributed by atoms with E-state index in [0.29, 0.717) is 6.42 Å². The van der Waals surface area contributed by atoms with Crippen molar-refractivity contribution in [1.29, 1.82) is 0 Å². The van der Waals surface area contributed by atoms with E-state index in [1.54, 1.807) is 20.8 Å². The van der Waals surface area contributed by atoms with Crippen molar-refractivity contribution < 1.29 is 19.1 Å². The molecule has 0 aromatic rings. The Morgan fingerprint density at radius 2 is 1.63 bits per heavy atom. The molecule has 0 aromatic carbocycles. The maximum absolute atomic E-state index is 12.2. The SMILES string of the molecule is CCOC(=O)C(CC(=O)C(C)(C)CC)C(=O)C(C)C. The standard InChI is InChI=1S/C15H26O4/c1-7-15(5,6)12(16)9-11(13(17)10(3)4)14(18)19-8-2/h10-11H,7-9H2,1-6H3. The lowest BCUT2D eigenvalue weighted by atomic mass is 9.79. The summed E-state index contributed by atoms with van der Waals surface area (Å²) in [6.07, 6.45) is 0.619. The average molecular weight is 270 g/mol. The highest BCUT2D eigenvalue weighted by Crippen LogP contribution is 2.26. The fraction of sp³-hybridized carbons (Fsp3) is 0.800. The molecular weight excluding hydrogens is 244 g/mol. The van der Waals surface area contributed by atoms with E-state index in [2.05, 4.69) is 0 Å². The van der Waals surface area contributed by atoms with Crippen molar-refractivity contribution in [1.82, 2.24) is 0 Å². The van der Waals surface area contributed by atoms with Gasteiger partial charge < -0.3 is 4.74 Å². The third-order valence-corrected chi connectivity index (χ3v) is 3.51. The van der Waals surface area contributed by atoms with Crippen LogP contribution in [0.3, 0.4) is 0 Å². The van der Waals surface area contributed by atoms with E-state index in [1.807, 2.05) is 20.8 Å². The Labute approximate surface area is 115 Å². The second-order valence-electron chi connectivity index (χ2n) is 5.73. The van der Waals surface area contributed by atoms with Gasteiger partial charge in [0, 0.05) is 17.8 Å². The van der Waals surface area contributed by atoms with Gasteiger partial charge in [0.25, 0.3) is 0 Å². The van der Waals surface area contributed by atoms with Crippen molar-refractivity contribution in [2.24, 2.45) is 17.3 Å². The van der Waals surface area contributed by atoms with E-state index in [-0.39, 0.29) is 30.5 Å². The lowest BCUT2D eigenvalue weighted by molar-refractivity contribution is -0.155. The summed E-state index contributed by atoms with van der Waals surface area (Å²) >= 11 is 0. The molecular formula is C15H26O4. The number of hydrogen-bond acceptors (Lipinski definition) is 4. The summed E-state index contributed by atoms with van der Waals surface area (Å²) < 4.78 is 4.91. The molecule has 0 rings (SSSR count). The van der Waals surface area contributed by atoms with Gasteiger partial charge in [0.2, 0.25) is 0 Å². The molecule has 110 valence electrons. The molecule has 0 saturated heterocycles. The summed E-state index contributed by atoms with van der Waals surface area (Å²) in [7, 11) is 0. The van der Waals surface area contributed by atoms with E-state index in [1.165, 1.54) is 0 Å². The maximum Gasteiger partial charge on any atom is 0.316 e. The molecule has 0 fully saturated rings. The minimum Gasteiger partial charge on any atom is -0.465 e. The molecule has 0 heterocycles. The summed E-state index contributed by atoms with van der Waals surface area (Å²) in [5, 5.41) is 0. The van der Waals surface area contributed by atoms with E-state index in [0.717, 1.165) is 0 Å². The van der Waals surface area contributed by atoms with Crippen LogP contribution >= 0.6 is 0 Å². The topological polar surface area (TPSA) is 60.4 Å². The van der Waals surface area contributed by atoms with E-state index in [9.17, 15) is 14.4 Å². The molecule has 4 heteroatoms. The number of esters is 1. The largest absolute Gasteiger partial charge is 0.465 e. The first-order valence-corrected chi connectivity index (χ1v) is 6.91. The Morgan fingerprint density at radius 1 is 1.11 bits per heavy atom. The monoisotopic (exact) mass is 270 g/mol. The number of ether oxygens (including phenoxy) is 1. The molecule has 0 aliphatic heterocycles. The minimum absolute atomic E-state index is 0.0588. The Morgan fingerprint density at radius 3 is 2.00 bits per heavy atom. The number of Topliss-reactive ketones (excluding diaryl/α,β-unsaturated/α-hetero) is 2. The van der Waals surface area contributed by atoms with Gasteiger partial charge in [-0.1, -0.05) is 34.6 Å². The number of rotatable bonds is 8. The van der Waals surface area contributed by atoms with Gasteiger partial charge in [-0.3, -0.25) is 14.4 Å². The van der Waals surface area contributed by atoms with E-state index < -0.39 is 17.3 Å². The molecule has 0 amide bonds. The molecule has 0 radical (unpaired) electrons. The number of carbonyl (C=O) groups excluding carboxylic acids is 3. The highest BCUT2D eigenvalue weighted by molar-refractivity contribution is 6.03. The average Bonchev–Trinajstić information content (AvgIpc) is 2.34. The minimum atomic E-state index is -0.960. The Balaban J connectivity index is 5.02. The molecule has 19 heavy (non-hydrogen) atoms. The normalized spacial score (nSPS) is 13.2. The molecule has 1 atom stereocenters. The molecule has 0 aliphatic rings. The van der Waals surface area contributed by atoms with Crippen molar-refractivity contribution in [2.75, 3.05) is 6.61 Å². The fourth-order valence-electron chi connectivity index (χ4n) is 1.60. The van der Waals surface area contributed by atoms with E-state index in [4.69, 9.17) is 4.74 Å². The second-order valence-corrected chi connectivity index (χ2v) is 5.73. The first-order valence-electron chi connectivity index (χ1n) is 6.91. The van der Waals surface area contributed by atoms with Gasteiger partial charge in [0.1, 0.15) is 17.5 Å². The van der Waals surface area contributed by atoms with Crippen LogP contribution in [0.4, 0.5) is 0 Å². The van der Waals surface area contributed by atoms with Gasteiger partial charge in [-0.05, 0) is 13.3 Å². The number of carbonyl (C=O) groups is 3. The first-order chi connectivity index (χ1) is 8.67. The van der Waals surface area contributed by atoms with Gasteiger partial charge in [-0.25, -0.2) is 0 Å². The van der Waals surface area contributed by atoms with Crippen molar-refractivity contribution in [3.8, 4) is 0 Å². The summed E-state index contributed by atoms with van der Waals surface area (Å²) in [4.78, 5) is 36.1. The lowest BCUT2D eigenvalue weighted by Gasteiger charge is -2.24. The highest BCUT2D eigenvalue weighted by atomic mass is 16.5. The van der Waals surface area contributed by atoms with Crippen LogP contribution in [0.5, 0.6) is 0 Å². The van der Waals surface area contributed by atoms with Gasteiger partial charge in [-0.2, -0.15) is 0 Å². The number of ketones is 2. The number of hydrogen-bond donors (Lipinski definition) is 0. The van der Waals surface area contributed by atoms with E-state index >= 15 is 0 Å². The van der Waals surface area contributed by atoms with Crippen LogP contribution in [0, 0.1) is 17.3 Å². The summed E-state index contributed by atoms with van der Waals surface area (Å²) in [6, 6.07) is 0. The molecule has 0 aliphatic carbocycles. The molecule has 0 aromatic heterocycles. The van der Waals surface area contributed by atoms with Crippen molar-refractivity contribution >= 4 is 17.5 Å². The highest BCUT2D eigenvalue weighted by Gasteiger charge is 2.36. The zero-order valence-corrected chi connectivity index (χ0v) is 12.9. The van der Waals surface area contributed by atoms with Gasteiger partial charge in [-0.15, -0.1) is 0 Å². The Kier molecular flexibility index (Phi) is 6.95. The van der Waals surface area contributed by atoms with Gasteiger partial charge in [0.05, 0.1) is 6.61 Å². The second kappa shape index (κ2) is 7.41. The summed E-state index contributed by atoms with van der Waals surface area (Å²) in [6.45, 7) is 10.9. The van der Waals surface area contributed by atoms with Crippen LogP contribution in [0.1, 0.15) is 54.4 Å². The molecule has 4 nitrogen and oxygen atoms in total. The first kappa shape index (κ1) is 17.8. The molecule has 0 bridgehead atoms. The summed E-state index contributed by atoms with van der Waals surface area (Å²) in [5.41, 5.74) is -0.512. The molecule has 0 saturated carbocycles. The van der Waals surface area contributed by atoms with Crippen LogP contribution in [-0.4, -0.2) is 24.1 Å². The molecule has 0 N–H and O–H groups in total. The van der Waals surface area contributed by atoms with Crippen LogP contribution in [-0.2, 0) is 19.1 Å². The summed E-state index contributed by atoms with van der Waals surface area (Å²) in [5.74, 6) is -2.12.